The van der Waals surface area contributed by atoms with Crippen molar-refractivity contribution in [3.05, 3.63) is 69.9 Å². The molecule has 2 rings (SSSR count). The van der Waals surface area contributed by atoms with E-state index in [2.05, 4.69) is 5.32 Å². The van der Waals surface area contributed by atoms with E-state index in [1.165, 1.54) is 6.07 Å². The van der Waals surface area contributed by atoms with E-state index in [9.17, 15) is 14.7 Å². The highest BCUT2D eigenvalue weighted by Gasteiger charge is 2.15. The van der Waals surface area contributed by atoms with Crippen LogP contribution >= 0.6 is 0 Å². The van der Waals surface area contributed by atoms with Crippen LogP contribution in [0, 0.1) is 0 Å². The van der Waals surface area contributed by atoms with Crippen LogP contribution in [0.25, 0.3) is 6.08 Å². The first-order valence-corrected chi connectivity index (χ1v) is 7.45. The van der Waals surface area contributed by atoms with E-state index in [0.29, 0.717) is 11.1 Å². The van der Waals surface area contributed by atoms with Crippen molar-refractivity contribution in [2.75, 3.05) is 19.4 Å². The van der Waals surface area contributed by atoms with Gasteiger partial charge in [-0.1, -0.05) is 18.2 Å². The lowest BCUT2D eigenvalue weighted by molar-refractivity contribution is 0.102. The van der Waals surface area contributed by atoms with Gasteiger partial charge in [0.1, 0.15) is 11.4 Å². The molecule has 1 aromatic carbocycles. The Balaban J connectivity index is 2.36. The molecule has 0 aliphatic heterocycles. The van der Waals surface area contributed by atoms with Gasteiger partial charge in [-0.25, -0.2) is 4.79 Å². The third kappa shape index (κ3) is 4.33. The first-order chi connectivity index (χ1) is 11.4. The quantitative estimate of drug-likeness (QED) is 0.881. The van der Waals surface area contributed by atoms with Crippen molar-refractivity contribution in [1.29, 1.82) is 0 Å². The molecule has 0 unspecified atom stereocenters. The minimum absolute atomic E-state index is 0.0123. The lowest BCUT2D eigenvalue weighted by Gasteiger charge is -2.11. The highest BCUT2D eigenvalue weighted by atomic mass is 16.4. The summed E-state index contributed by atoms with van der Waals surface area (Å²) in [7, 11) is 3.65. The monoisotopic (exact) mass is 328 g/mol. The molecule has 1 heterocycles. The second kappa shape index (κ2) is 7.61. The van der Waals surface area contributed by atoms with Gasteiger partial charge >= 0.3 is 5.63 Å². The van der Waals surface area contributed by atoms with E-state index >= 15 is 0 Å². The summed E-state index contributed by atoms with van der Waals surface area (Å²) in [5, 5.41) is 12.4. The van der Waals surface area contributed by atoms with Gasteiger partial charge in [0, 0.05) is 31.4 Å². The van der Waals surface area contributed by atoms with Gasteiger partial charge in [-0.05, 0) is 31.2 Å². The predicted octanol–water partition coefficient (Wildman–Crippen LogP) is 2.48. The number of anilines is 1. The van der Waals surface area contributed by atoms with Gasteiger partial charge in [-0.15, -0.1) is 0 Å². The molecule has 0 saturated carbocycles. The van der Waals surface area contributed by atoms with Crippen molar-refractivity contribution in [1.82, 2.24) is 4.90 Å². The first-order valence-electron chi connectivity index (χ1n) is 7.45. The highest BCUT2D eigenvalue weighted by Crippen LogP contribution is 2.21. The smallest absolute Gasteiger partial charge is 0.360 e. The van der Waals surface area contributed by atoms with Gasteiger partial charge in [0.05, 0.1) is 6.10 Å². The molecule has 1 aromatic heterocycles. The fraction of sp³-hybridized carbons (Fsp3) is 0.222. The molecular formula is C18H20N2O4. The molecule has 0 radical (unpaired) electrons. The molecule has 0 aliphatic carbocycles. The molecule has 2 aromatic rings. The Kier molecular flexibility index (Phi) is 5.55. The van der Waals surface area contributed by atoms with E-state index in [0.717, 1.165) is 0 Å². The molecule has 1 amide bonds. The second-order valence-electron chi connectivity index (χ2n) is 5.54. The third-order valence-corrected chi connectivity index (χ3v) is 3.27. The highest BCUT2D eigenvalue weighted by molar-refractivity contribution is 6.04. The minimum Gasteiger partial charge on any atom is -0.421 e. The van der Waals surface area contributed by atoms with Gasteiger partial charge in [0.2, 0.25) is 0 Å². The van der Waals surface area contributed by atoms with Crippen LogP contribution in [-0.4, -0.2) is 30.0 Å². The average molecular weight is 328 g/mol. The Morgan fingerprint density at radius 2 is 1.96 bits per heavy atom. The molecule has 24 heavy (non-hydrogen) atoms. The molecule has 2 N–H and O–H groups in total. The summed E-state index contributed by atoms with van der Waals surface area (Å²) in [6.45, 7) is 1.56. The molecular weight excluding hydrogens is 308 g/mol. The molecule has 6 nitrogen and oxygen atoms in total. The van der Waals surface area contributed by atoms with Crippen LogP contribution in [0.2, 0.25) is 0 Å². The Hall–Kier alpha value is -2.86. The topological polar surface area (TPSA) is 82.8 Å². The van der Waals surface area contributed by atoms with Crippen molar-refractivity contribution >= 4 is 17.7 Å². The zero-order valence-corrected chi connectivity index (χ0v) is 13.8. The minimum atomic E-state index is -0.858. The normalized spacial score (nSPS) is 12.2. The average Bonchev–Trinajstić information content (AvgIpc) is 2.55. The molecule has 0 saturated heterocycles. The van der Waals surface area contributed by atoms with Crippen LogP contribution in [-0.2, 0) is 0 Å². The Labute approximate surface area is 140 Å². The molecule has 126 valence electrons. The van der Waals surface area contributed by atoms with E-state index in [-0.39, 0.29) is 11.4 Å². The van der Waals surface area contributed by atoms with Crippen molar-refractivity contribution < 1.29 is 14.3 Å². The number of rotatable bonds is 5. The molecule has 0 fully saturated rings. The lowest BCUT2D eigenvalue weighted by Crippen LogP contribution is -2.19. The largest absolute Gasteiger partial charge is 0.421 e. The molecule has 0 bridgehead atoms. The third-order valence-electron chi connectivity index (χ3n) is 3.27. The van der Waals surface area contributed by atoms with Gasteiger partial charge in [0.15, 0.2) is 0 Å². The van der Waals surface area contributed by atoms with Crippen molar-refractivity contribution in [3.8, 4) is 0 Å². The number of aliphatic hydroxyl groups is 1. The number of benzene rings is 1. The van der Waals surface area contributed by atoms with Gasteiger partial charge < -0.3 is 19.7 Å². The van der Waals surface area contributed by atoms with Crippen LogP contribution in [0.15, 0.2) is 51.8 Å². The van der Waals surface area contributed by atoms with Crippen molar-refractivity contribution in [2.45, 2.75) is 13.0 Å². The SMILES string of the molecule is C[C@H](O)c1cc(NC(=O)c2ccccc2)c(=O)oc1/C=C/N(C)C. The van der Waals surface area contributed by atoms with Gasteiger partial charge in [-0.3, -0.25) is 4.79 Å². The summed E-state index contributed by atoms with van der Waals surface area (Å²) < 4.78 is 5.24. The first kappa shape index (κ1) is 17.5. The van der Waals surface area contributed by atoms with Gasteiger partial charge in [0.25, 0.3) is 5.91 Å². The Morgan fingerprint density at radius 3 is 2.54 bits per heavy atom. The number of hydrogen-bond acceptors (Lipinski definition) is 5. The fourth-order valence-corrected chi connectivity index (χ4v) is 2.04. The Morgan fingerprint density at radius 1 is 1.29 bits per heavy atom. The number of amides is 1. The number of nitrogens with zero attached hydrogens (tertiary/aromatic N) is 1. The summed E-state index contributed by atoms with van der Waals surface area (Å²) in [5.74, 6) is -0.169. The lowest BCUT2D eigenvalue weighted by atomic mass is 10.1. The number of hydrogen-bond donors (Lipinski definition) is 2. The maximum Gasteiger partial charge on any atom is 0.360 e. The Bertz CT molecular complexity index is 792. The van der Waals surface area contributed by atoms with Crippen LogP contribution < -0.4 is 10.9 Å². The molecule has 0 aliphatic rings. The summed E-state index contributed by atoms with van der Waals surface area (Å²) in [6, 6.07) is 9.97. The van der Waals surface area contributed by atoms with E-state index in [4.69, 9.17) is 4.42 Å². The summed E-state index contributed by atoms with van der Waals surface area (Å²) in [4.78, 5) is 26.1. The number of carbonyl (C=O) groups is 1. The van der Waals surface area contributed by atoms with Crippen molar-refractivity contribution in [2.24, 2.45) is 0 Å². The van der Waals surface area contributed by atoms with E-state index in [1.54, 1.807) is 54.4 Å². The van der Waals surface area contributed by atoms with Crippen LogP contribution in [0.3, 0.4) is 0 Å². The predicted molar refractivity (Wildman–Crippen MR) is 92.7 cm³/mol. The number of carbonyl (C=O) groups excluding carboxylic acids is 1. The van der Waals surface area contributed by atoms with E-state index in [1.807, 2.05) is 14.1 Å². The van der Waals surface area contributed by atoms with Crippen LogP contribution in [0.4, 0.5) is 5.69 Å². The summed E-state index contributed by atoms with van der Waals surface area (Å²) in [6.07, 6.45) is 2.43. The zero-order chi connectivity index (χ0) is 17.7. The van der Waals surface area contributed by atoms with E-state index < -0.39 is 17.6 Å². The maximum absolute atomic E-state index is 12.2. The second-order valence-corrected chi connectivity index (χ2v) is 5.54. The van der Waals surface area contributed by atoms with Gasteiger partial charge in [-0.2, -0.15) is 0 Å². The fourth-order valence-electron chi connectivity index (χ4n) is 2.04. The summed E-state index contributed by atoms with van der Waals surface area (Å²) >= 11 is 0. The van der Waals surface area contributed by atoms with Crippen molar-refractivity contribution in [3.63, 3.8) is 0 Å². The molecule has 1 atom stereocenters. The summed E-state index contributed by atoms with van der Waals surface area (Å²) in [5.41, 5.74) is 0.145. The molecule has 0 spiro atoms. The van der Waals surface area contributed by atoms with Crippen LogP contribution in [0.5, 0.6) is 0 Å². The molecule has 6 heteroatoms. The number of aliphatic hydroxyl groups excluding tert-OH is 1. The zero-order valence-electron chi connectivity index (χ0n) is 13.8. The number of nitrogens with one attached hydrogen (secondary N) is 1. The standard InChI is InChI=1S/C18H20N2O4/c1-12(21)14-11-15(18(23)24-16(14)9-10-20(2)3)19-17(22)13-7-5-4-6-8-13/h4-12,21H,1-3H3,(H,19,22)/b10-9+/t12-/m0/s1. The maximum atomic E-state index is 12.2. The van der Waals surface area contributed by atoms with Crippen LogP contribution in [0.1, 0.15) is 34.7 Å².